The van der Waals surface area contributed by atoms with E-state index in [9.17, 15) is 9.90 Å². The van der Waals surface area contributed by atoms with Gasteiger partial charge in [-0.2, -0.15) is 0 Å². The zero-order chi connectivity index (χ0) is 14.9. The number of hydrogen-bond acceptors (Lipinski definition) is 6. The molecule has 2 rings (SSSR count). The topological polar surface area (TPSA) is 91.2 Å². The Hall–Kier alpha value is -1.89. The third-order valence-corrected chi connectivity index (χ3v) is 4.09. The third-order valence-electron chi connectivity index (χ3n) is 2.94. The number of aliphatic imine (C=N–C) groups is 1. The Morgan fingerprint density at radius 1 is 1.50 bits per heavy atom. The van der Waals surface area contributed by atoms with E-state index in [0.717, 1.165) is 0 Å². The molecule has 108 valence electrons. The minimum atomic E-state index is -0.964. The summed E-state index contributed by atoms with van der Waals surface area (Å²) in [5.74, 6) is -0.331. The number of carbonyl (C=O) groups is 1. The van der Waals surface area contributed by atoms with E-state index < -0.39 is 16.8 Å². The van der Waals surface area contributed by atoms with Crippen molar-refractivity contribution in [3.05, 3.63) is 18.2 Å². The van der Waals surface area contributed by atoms with Crippen LogP contribution < -0.4 is 10.1 Å². The smallest absolute Gasteiger partial charge is 0.329 e. The summed E-state index contributed by atoms with van der Waals surface area (Å²) >= 11 is 1.33. The van der Waals surface area contributed by atoms with Crippen molar-refractivity contribution in [2.45, 2.75) is 24.6 Å². The molecule has 7 heteroatoms. The fraction of sp³-hybridized carbons (Fsp3) is 0.385. The number of thioether (sulfide) groups is 1. The van der Waals surface area contributed by atoms with Gasteiger partial charge in [-0.05, 0) is 26.0 Å². The van der Waals surface area contributed by atoms with Gasteiger partial charge in [-0.15, -0.1) is 0 Å². The highest BCUT2D eigenvalue weighted by molar-refractivity contribution is 8.15. The van der Waals surface area contributed by atoms with Crippen molar-refractivity contribution in [2.75, 3.05) is 12.4 Å². The summed E-state index contributed by atoms with van der Waals surface area (Å²) in [4.78, 5) is 15.3. The van der Waals surface area contributed by atoms with Gasteiger partial charge >= 0.3 is 5.97 Å². The van der Waals surface area contributed by atoms with Crippen LogP contribution in [0.5, 0.6) is 11.5 Å². The minimum absolute atomic E-state index is 0.0469. The summed E-state index contributed by atoms with van der Waals surface area (Å²) in [7, 11) is 1.53. The maximum absolute atomic E-state index is 11.2. The number of anilines is 1. The van der Waals surface area contributed by atoms with Crippen LogP contribution in [0.15, 0.2) is 23.2 Å². The highest BCUT2D eigenvalue weighted by atomic mass is 32.2. The van der Waals surface area contributed by atoms with E-state index in [1.165, 1.54) is 24.9 Å². The van der Waals surface area contributed by atoms with Crippen LogP contribution in [0, 0.1) is 0 Å². The Bertz CT molecular complexity index is 571. The molecule has 0 fully saturated rings. The lowest BCUT2D eigenvalue weighted by Crippen LogP contribution is -2.34. The summed E-state index contributed by atoms with van der Waals surface area (Å²) in [6, 6.07) is 3.94. The summed E-state index contributed by atoms with van der Waals surface area (Å²) in [5.41, 5.74) is 0.428. The number of carboxylic acid groups (broad SMARTS) is 1. The van der Waals surface area contributed by atoms with E-state index in [0.29, 0.717) is 16.6 Å². The van der Waals surface area contributed by atoms with Crippen LogP contribution in [0.4, 0.5) is 5.69 Å². The van der Waals surface area contributed by atoms with Crippen LogP contribution in [0.25, 0.3) is 0 Å². The molecule has 0 saturated heterocycles. The van der Waals surface area contributed by atoms with Gasteiger partial charge in [0, 0.05) is 6.07 Å². The van der Waals surface area contributed by atoms with Crippen molar-refractivity contribution < 1.29 is 19.7 Å². The summed E-state index contributed by atoms with van der Waals surface area (Å²) in [6.07, 6.45) is 0. The first-order chi connectivity index (χ1) is 9.33. The Morgan fingerprint density at radius 2 is 2.20 bits per heavy atom. The average molecular weight is 296 g/mol. The molecule has 0 amide bonds. The molecule has 1 aromatic rings. The maximum atomic E-state index is 11.2. The van der Waals surface area contributed by atoms with E-state index in [4.69, 9.17) is 9.84 Å². The molecule has 3 N–H and O–H groups in total. The molecule has 1 aliphatic heterocycles. The van der Waals surface area contributed by atoms with Crippen LogP contribution in [0.1, 0.15) is 13.8 Å². The molecule has 0 radical (unpaired) electrons. The molecule has 1 heterocycles. The van der Waals surface area contributed by atoms with Gasteiger partial charge in [0.05, 0.1) is 17.5 Å². The number of phenolic OH excluding ortho intramolecular Hbond substituents is 1. The van der Waals surface area contributed by atoms with Crippen LogP contribution in [-0.2, 0) is 4.79 Å². The number of carboxylic acids is 1. The monoisotopic (exact) mass is 296 g/mol. The second-order valence-corrected chi connectivity index (χ2v) is 6.53. The SMILES string of the molecule is COc1ccc(O)c(NC2=N[C@@H](C(=O)O)C(C)(C)S2)c1. The quantitative estimate of drug-likeness (QED) is 0.740. The number of nitrogens with one attached hydrogen (secondary N) is 1. The first kappa shape index (κ1) is 14.5. The predicted molar refractivity (Wildman–Crippen MR) is 78.8 cm³/mol. The number of methoxy groups -OCH3 is 1. The molecule has 0 spiro atoms. The molecule has 1 aliphatic rings. The number of aromatic hydroxyl groups is 1. The zero-order valence-corrected chi connectivity index (χ0v) is 12.2. The van der Waals surface area contributed by atoms with Crippen LogP contribution in [0.2, 0.25) is 0 Å². The zero-order valence-electron chi connectivity index (χ0n) is 11.4. The first-order valence-corrected chi connectivity index (χ1v) is 6.79. The Labute approximate surface area is 120 Å². The van der Waals surface area contributed by atoms with E-state index in [1.54, 1.807) is 12.1 Å². The number of phenols is 1. The first-order valence-electron chi connectivity index (χ1n) is 5.97. The molecular formula is C13H16N2O4S. The van der Waals surface area contributed by atoms with Gasteiger partial charge in [0.15, 0.2) is 11.2 Å². The molecule has 0 aromatic heterocycles. The number of hydrogen-bond donors (Lipinski definition) is 3. The number of nitrogens with zero attached hydrogens (tertiary/aromatic N) is 1. The molecule has 20 heavy (non-hydrogen) atoms. The van der Waals surface area contributed by atoms with Gasteiger partial charge in [-0.25, -0.2) is 9.79 Å². The normalized spacial score (nSPS) is 20.4. The van der Waals surface area contributed by atoms with Crippen molar-refractivity contribution >= 4 is 28.6 Å². The van der Waals surface area contributed by atoms with Gasteiger partial charge in [0.2, 0.25) is 0 Å². The van der Waals surface area contributed by atoms with Crippen molar-refractivity contribution in [1.82, 2.24) is 0 Å². The van der Waals surface area contributed by atoms with Gasteiger partial charge in [0.25, 0.3) is 0 Å². The molecule has 1 aromatic carbocycles. The van der Waals surface area contributed by atoms with Crippen molar-refractivity contribution in [3.8, 4) is 11.5 Å². The van der Waals surface area contributed by atoms with Crippen LogP contribution in [0.3, 0.4) is 0 Å². The molecule has 0 bridgehead atoms. The highest BCUT2D eigenvalue weighted by Crippen LogP contribution is 2.39. The summed E-state index contributed by atoms with van der Waals surface area (Å²) in [5, 5.41) is 22.4. The van der Waals surface area contributed by atoms with E-state index in [1.807, 2.05) is 13.8 Å². The number of ether oxygens (including phenoxy) is 1. The molecule has 0 unspecified atom stereocenters. The molecule has 6 nitrogen and oxygen atoms in total. The Morgan fingerprint density at radius 3 is 2.75 bits per heavy atom. The van der Waals surface area contributed by atoms with E-state index >= 15 is 0 Å². The lowest BCUT2D eigenvalue weighted by molar-refractivity contribution is -0.138. The average Bonchev–Trinajstić information content (AvgIpc) is 2.67. The second kappa shape index (κ2) is 5.24. The maximum Gasteiger partial charge on any atom is 0.329 e. The van der Waals surface area contributed by atoms with Gasteiger partial charge in [-0.1, -0.05) is 11.8 Å². The van der Waals surface area contributed by atoms with Crippen molar-refractivity contribution in [2.24, 2.45) is 4.99 Å². The third kappa shape index (κ3) is 2.82. The lowest BCUT2D eigenvalue weighted by Gasteiger charge is -2.20. The molecular weight excluding hydrogens is 280 g/mol. The Balaban J connectivity index is 2.23. The van der Waals surface area contributed by atoms with E-state index in [-0.39, 0.29) is 5.75 Å². The minimum Gasteiger partial charge on any atom is -0.506 e. The van der Waals surface area contributed by atoms with Gasteiger partial charge < -0.3 is 20.3 Å². The lowest BCUT2D eigenvalue weighted by atomic mass is 10.0. The standard InChI is InChI=1S/C13H16N2O4S/c1-13(2)10(11(17)18)15-12(20-13)14-8-6-7(19-3)4-5-9(8)16/h4-6,10,16H,1-3H3,(H,14,15)(H,17,18)/t10-/m0/s1. The number of rotatable bonds is 3. The van der Waals surface area contributed by atoms with Gasteiger partial charge in [0.1, 0.15) is 11.5 Å². The number of amidine groups is 1. The van der Waals surface area contributed by atoms with Gasteiger partial charge in [-0.3, -0.25) is 0 Å². The molecule has 0 saturated carbocycles. The number of aliphatic carboxylic acids is 1. The van der Waals surface area contributed by atoms with E-state index in [2.05, 4.69) is 10.3 Å². The fourth-order valence-electron chi connectivity index (χ4n) is 1.87. The van der Waals surface area contributed by atoms with Crippen LogP contribution in [-0.4, -0.2) is 39.2 Å². The Kier molecular flexibility index (Phi) is 3.80. The predicted octanol–water partition coefficient (Wildman–Crippen LogP) is 2.15. The van der Waals surface area contributed by atoms with Crippen molar-refractivity contribution in [1.29, 1.82) is 0 Å². The largest absolute Gasteiger partial charge is 0.506 e. The fourth-order valence-corrected chi connectivity index (χ4v) is 2.95. The second-order valence-electron chi connectivity index (χ2n) is 4.89. The summed E-state index contributed by atoms with van der Waals surface area (Å²) < 4.78 is 4.54. The van der Waals surface area contributed by atoms with Crippen molar-refractivity contribution in [3.63, 3.8) is 0 Å². The molecule has 1 atom stereocenters. The van der Waals surface area contributed by atoms with Crippen LogP contribution >= 0.6 is 11.8 Å². The molecule has 0 aliphatic carbocycles. The highest BCUT2D eigenvalue weighted by Gasteiger charge is 2.42. The summed E-state index contributed by atoms with van der Waals surface area (Å²) in [6.45, 7) is 3.64. The number of benzene rings is 1.